The number of nitrogens with one attached hydrogen (secondary N) is 1. The topological polar surface area (TPSA) is 37.4 Å². The summed E-state index contributed by atoms with van der Waals surface area (Å²) < 4.78 is 0. The lowest BCUT2D eigenvalue weighted by Crippen LogP contribution is -2.29. The Kier molecular flexibility index (Phi) is 2.67. The van der Waals surface area contributed by atoms with E-state index in [9.17, 15) is 0 Å². The third-order valence-corrected chi connectivity index (χ3v) is 3.81. The molecule has 3 heterocycles. The second-order valence-corrected chi connectivity index (χ2v) is 4.93. The van der Waals surface area contributed by atoms with Gasteiger partial charge in [0, 0.05) is 19.0 Å². The van der Waals surface area contributed by atoms with Gasteiger partial charge in [0.1, 0.15) is 5.15 Å². The molecule has 0 radical (unpaired) electrons. The van der Waals surface area contributed by atoms with E-state index in [1.165, 1.54) is 0 Å². The molecule has 1 aromatic heterocycles. The van der Waals surface area contributed by atoms with Crippen LogP contribution in [0.1, 0.15) is 0 Å². The quantitative estimate of drug-likeness (QED) is 0.780. The lowest BCUT2D eigenvalue weighted by Gasteiger charge is -2.19. The van der Waals surface area contributed by atoms with Crippen LogP contribution in [0.5, 0.6) is 0 Å². The van der Waals surface area contributed by atoms with Crippen molar-refractivity contribution in [3.8, 4) is 0 Å². The van der Waals surface area contributed by atoms with Crippen molar-refractivity contribution < 1.29 is 4.84 Å². The maximum absolute atomic E-state index is 5.95. The van der Waals surface area contributed by atoms with Gasteiger partial charge in [0.25, 0.3) is 0 Å². The number of nitrogens with zero attached hydrogens (tertiary/aromatic N) is 2. The molecule has 0 spiro atoms. The van der Waals surface area contributed by atoms with Gasteiger partial charge in [0.05, 0.1) is 29.6 Å². The summed E-state index contributed by atoms with van der Waals surface area (Å²) in [6, 6.07) is 2.27. The van der Waals surface area contributed by atoms with E-state index in [2.05, 4.69) is 15.4 Å². The number of aromatic nitrogens is 1. The normalized spacial score (nSPS) is 28.5. The van der Waals surface area contributed by atoms with E-state index in [0.717, 1.165) is 25.4 Å². The number of hydrogen-bond donors (Lipinski definition) is 1. The molecule has 0 aromatic carbocycles. The summed E-state index contributed by atoms with van der Waals surface area (Å²) in [5, 5.41) is 0.853. The SMILES string of the molecule is Clc1cc(N2C[C@@H]3CON[C@@H]3C2)cnc1Cl. The largest absolute Gasteiger partial charge is 0.368 e. The fourth-order valence-corrected chi connectivity index (χ4v) is 2.49. The molecule has 1 aromatic rings. The van der Waals surface area contributed by atoms with Crippen molar-refractivity contribution >= 4 is 28.9 Å². The maximum Gasteiger partial charge on any atom is 0.147 e. The molecule has 16 heavy (non-hydrogen) atoms. The molecule has 0 aliphatic carbocycles. The average Bonchev–Trinajstić information content (AvgIpc) is 2.81. The van der Waals surface area contributed by atoms with E-state index in [1.807, 2.05) is 6.07 Å². The van der Waals surface area contributed by atoms with Crippen molar-refractivity contribution in [2.45, 2.75) is 6.04 Å². The fourth-order valence-electron chi connectivity index (χ4n) is 2.23. The number of halogens is 2. The highest BCUT2D eigenvalue weighted by Crippen LogP contribution is 2.30. The molecule has 86 valence electrons. The van der Waals surface area contributed by atoms with Gasteiger partial charge < -0.3 is 9.74 Å². The highest BCUT2D eigenvalue weighted by atomic mass is 35.5. The zero-order chi connectivity index (χ0) is 11.1. The zero-order valence-electron chi connectivity index (χ0n) is 8.49. The van der Waals surface area contributed by atoms with Gasteiger partial charge in [-0.15, -0.1) is 0 Å². The van der Waals surface area contributed by atoms with E-state index in [4.69, 9.17) is 28.0 Å². The van der Waals surface area contributed by atoms with Gasteiger partial charge >= 0.3 is 0 Å². The molecule has 0 unspecified atom stereocenters. The summed E-state index contributed by atoms with van der Waals surface area (Å²) in [6.07, 6.45) is 1.76. The Balaban J connectivity index is 1.81. The van der Waals surface area contributed by atoms with E-state index >= 15 is 0 Å². The third-order valence-electron chi connectivity index (χ3n) is 3.12. The Hall–Kier alpha value is -0.550. The van der Waals surface area contributed by atoms with Crippen molar-refractivity contribution in [1.82, 2.24) is 10.5 Å². The average molecular weight is 260 g/mol. The summed E-state index contributed by atoms with van der Waals surface area (Å²) >= 11 is 11.7. The minimum Gasteiger partial charge on any atom is -0.368 e. The Morgan fingerprint density at radius 1 is 1.44 bits per heavy atom. The minimum atomic E-state index is 0.353. The van der Waals surface area contributed by atoms with Crippen molar-refractivity contribution in [3.63, 3.8) is 0 Å². The third kappa shape index (κ3) is 1.76. The van der Waals surface area contributed by atoms with Crippen molar-refractivity contribution in [1.29, 1.82) is 0 Å². The van der Waals surface area contributed by atoms with Gasteiger partial charge in [-0.05, 0) is 6.07 Å². The highest BCUT2D eigenvalue weighted by Gasteiger charge is 2.37. The fraction of sp³-hybridized carbons (Fsp3) is 0.500. The first-order valence-corrected chi connectivity index (χ1v) is 5.93. The van der Waals surface area contributed by atoms with Gasteiger partial charge in [0.15, 0.2) is 0 Å². The molecular formula is C10H11Cl2N3O. The van der Waals surface area contributed by atoms with Crippen LogP contribution >= 0.6 is 23.2 Å². The summed E-state index contributed by atoms with van der Waals surface area (Å²) in [5.74, 6) is 0.550. The molecule has 1 N–H and O–H groups in total. The maximum atomic E-state index is 5.95. The minimum absolute atomic E-state index is 0.353. The summed E-state index contributed by atoms with van der Waals surface area (Å²) in [5.41, 5.74) is 4.04. The van der Waals surface area contributed by atoms with Crippen LogP contribution in [0.2, 0.25) is 10.2 Å². The zero-order valence-corrected chi connectivity index (χ0v) is 10.0. The molecule has 2 atom stereocenters. The van der Waals surface area contributed by atoms with E-state index in [-0.39, 0.29) is 0 Å². The molecule has 2 aliphatic heterocycles. The van der Waals surface area contributed by atoms with Crippen LogP contribution in [-0.2, 0) is 4.84 Å². The van der Waals surface area contributed by atoms with Gasteiger partial charge in [-0.25, -0.2) is 4.98 Å². The molecule has 2 saturated heterocycles. The van der Waals surface area contributed by atoms with Gasteiger partial charge in [-0.3, -0.25) is 0 Å². The molecular weight excluding hydrogens is 249 g/mol. The molecule has 2 aliphatic rings. The Bertz CT molecular complexity index is 403. The van der Waals surface area contributed by atoms with Crippen LogP contribution < -0.4 is 10.4 Å². The molecule has 0 amide bonds. The van der Waals surface area contributed by atoms with Gasteiger partial charge in [-0.2, -0.15) is 5.48 Å². The van der Waals surface area contributed by atoms with Crippen molar-refractivity contribution in [2.24, 2.45) is 5.92 Å². The first-order chi connectivity index (χ1) is 7.74. The Labute approximate surface area is 103 Å². The van der Waals surface area contributed by atoms with Crippen LogP contribution in [-0.4, -0.2) is 30.7 Å². The molecule has 4 nitrogen and oxygen atoms in total. The standard InChI is InChI=1S/C10H11Cl2N3O/c11-8-1-7(2-13-10(8)12)15-3-6-5-16-14-9(6)4-15/h1-2,6,9,14H,3-5H2/t6-,9-/m1/s1. The lowest BCUT2D eigenvalue weighted by atomic mass is 10.1. The number of hydroxylamine groups is 1. The highest BCUT2D eigenvalue weighted by molar-refractivity contribution is 6.41. The van der Waals surface area contributed by atoms with Crippen LogP contribution in [0.15, 0.2) is 12.3 Å². The number of pyridine rings is 1. The predicted octanol–water partition coefficient (Wildman–Crippen LogP) is 1.73. The summed E-state index contributed by atoms with van der Waals surface area (Å²) in [7, 11) is 0. The van der Waals surface area contributed by atoms with Gasteiger partial charge in [0.2, 0.25) is 0 Å². The molecule has 6 heteroatoms. The van der Waals surface area contributed by atoms with E-state index in [0.29, 0.717) is 22.1 Å². The smallest absolute Gasteiger partial charge is 0.147 e. The molecule has 2 fully saturated rings. The van der Waals surface area contributed by atoms with E-state index in [1.54, 1.807) is 6.20 Å². The van der Waals surface area contributed by atoms with Gasteiger partial charge in [-0.1, -0.05) is 23.2 Å². The summed E-state index contributed by atoms with van der Waals surface area (Å²) in [4.78, 5) is 11.5. The van der Waals surface area contributed by atoms with Crippen LogP contribution in [0.3, 0.4) is 0 Å². The summed E-state index contributed by atoms with van der Waals surface area (Å²) in [6.45, 7) is 2.66. The first-order valence-electron chi connectivity index (χ1n) is 5.17. The van der Waals surface area contributed by atoms with Crippen LogP contribution in [0, 0.1) is 5.92 Å². The number of rotatable bonds is 1. The first kappa shape index (κ1) is 10.6. The van der Waals surface area contributed by atoms with Crippen LogP contribution in [0.25, 0.3) is 0 Å². The Morgan fingerprint density at radius 3 is 3.06 bits per heavy atom. The van der Waals surface area contributed by atoms with E-state index < -0.39 is 0 Å². The number of fused-ring (bicyclic) bond motifs is 1. The van der Waals surface area contributed by atoms with Crippen molar-refractivity contribution in [3.05, 3.63) is 22.4 Å². The Morgan fingerprint density at radius 2 is 2.31 bits per heavy atom. The second-order valence-electron chi connectivity index (χ2n) is 4.17. The number of anilines is 1. The molecule has 3 rings (SSSR count). The molecule has 0 saturated carbocycles. The monoisotopic (exact) mass is 259 g/mol. The second kappa shape index (κ2) is 4.04. The number of hydrogen-bond acceptors (Lipinski definition) is 4. The predicted molar refractivity (Wildman–Crippen MR) is 62.8 cm³/mol. The lowest BCUT2D eigenvalue weighted by molar-refractivity contribution is 0.0846. The molecule has 0 bridgehead atoms. The van der Waals surface area contributed by atoms with Crippen LogP contribution in [0.4, 0.5) is 5.69 Å². The van der Waals surface area contributed by atoms with Crippen molar-refractivity contribution in [2.75, 3.05) is 24.6 Å².